The van der Waals surface area contributed by atoms with Crippen molar-refractivity contribution in [2.24, 2.45) is 0 Å². The lowest BCUT2D eigenvalue weighted by Crippen LogP contribution is -1.99. The largest absolute Gasteiger partial charge is 0.399 e. The smallest absolute Gasteiger partial charge is 0.181 e. The number of nitrogens with two attached hydrogens (primary N) is 1. The maximum Gasteiger partial charge on any atom is 0.181 e. The van der Waals surface area contributed by atoms with Gasteiger partial charge >= 0.3 is 0 Å². The highest BCUT2D eigenvalue weighted by molar-refractivity contribution is 5.60. The lowest BCUT2D eigenvalue weighted by Gasteiger charge is -2.02. The highest BCUT2D eigenvalue weighted by atomic mass is 19.1. The first-order valence-corrected chi connectivity index (χ1v) is 6.15. The van der Waals surface area contributed by atoms with Crippen LogP contribution in [0, 0.1) is 17.1 Å². The molecule has 0 saturated carbocycles. The molecule has 2 aromatic carbocycles. The van der Waals surface area contributed by atoms with Gasteiger partial charge in [-0.05, 0) is 30.3 Å². The van der Waals surface area contributed by atoms with Crippen molar-refractivity contribution < 1.29 is 4.39 Å². The molecule has 3 rings (SSSR count). The van der Waals surface area contributed by atoms with Gasteiger partial charge in [-0.15, -0.1) is 5.10 Å². The predicted octanol–water partition coefficient (Wildman–Crippen LogP) is 2.53. The molecule has 0 fully saturated rings. The quantitative estimate of drug-likeness (QED) is 0.731. The van der Waals surface area contributed by atoms with Crippen LogP contribution in [0.3, 0.4) is 0 Å². The SMILES string of the molecule is N#Cc1ccc(-n2cnc(-c3cccc(N)c3)n2)c(F)c1. The van der Waals surface area contributed by atoms with Crippen LogP contribution >= 0.6 is 0 Å². The van der Waals surface area contributed by atoms with Crippen molar-refractivity contribution >= 4 is 5.69 Å². The number of hydrogen-bond acceptors (Lipinski definition) is 4. The fourth-order valence-corrected chi connectivity index (χ4v) is 1.95. The lowest BCUT2D eigenvalue weighted by molar-refractivity contribution is 0.610. The molecule has 1 aromatic heterocycles. The number of halogens is 1. The van der Waals surface area contributed by atoms with Gasteiger partial charge in [0.1, 0.15) is 17.8 Å². The van der Waals surface area contributed by atoms with Crippen molar-refractivity contribution in [1.82, 2.24) is 14.8 Å². The molecule has 0 amide bonds. The highest BCUT2D eigenvalue weighted by Gasteiger charge is 2.10. The number of anilines is 1. The second kappa shape index (κ2) is 5.06. The summed E-state index contributed by atoms with van der Waals surface area (Å²) in [5.74, 6) is -0.0795. The summed E-state index contributed by atoms with van der Waals surface area (Å²) >= 11 is 0. The summed E-state index contributed by atoms with van der Waals surface area (Å²) in [5.41, 5.74) is 7.56. The summed E-state index contributed by atoms with van der Waals surface area (Å²) in [5, 5.41) is 13.0. The second-order valence-corrected chi connectivity index (χ2v) is 4.42. The van der Waals surface area contributed by atoms with Gasteiger partial charge in [-0.3, -0.25) is 0 Å². The van der Waals surface area contributed by atoms with Gasteiger partial charge in [0.15, 0.2) is 5.82 Å². The molecule has 21 heavy (non-hydrogen) atoms. The van der Waals surface area contributed by atoms with E-state index < -0.39 is 5.82 Å². The van der Waals surface area contributed by atoms with Crippen LogP contribution in [0.1, 0.15) is 5.56 Å². The Morgan fingerprint density at radius 1 is 1.19 bits per heavy atom. The molecule has 3 aromatic rings. The van der Waals surface area contributed by atoms with Crippen molar-refractivity contribution in [3.8, 4) is 23.1 Å². The topological polar surface area (TPSA) is 80.5 Å². The minimum atomic E-state index is -0.530. The number of hydrogen-bond donors (Lipinski definition) is 1. The number of rotatable bonds is 2. The molecule has 0 aliphatic heterocycles. The summed E-state index contributed by atoms with van der Waals surface area (Å²) in [7, 11) is 0. The third-order valence-corrected chi connectivity index (χ3v) is 2.96. The Balaban J connectivity index is 2.01. The lowest BCUT2D eigenvalue weighted by atomic mass is 10.2. The Kier molecular flexibility index (Phi) is 3.09. The predicted molar refractivity (Wildman–Crippen MR) is 75.9 cm³/mol. The van der Waals surface area contributed by atoms with E-state index in [-0.39, 0.29) is 11.3 Å². The summed E-state index contributed by atoms with van der Waals surface area (Å²) in [4.78, 5) is 4.15. The van der Waals surface area contributed by atoms with E-state index in [1.807, 2.05) is 12.1 Å². The molecule has 6 heteroatoms. The molecule has 0 radical (unpaired) electrons. The third kappa shape index (κ3) is 2.44. The van der Waals surface area contributed by atoms with Gasteiger partial charge < -0.3 is 5.73 Å². The van der Waals surface area contributed by atoms with Crippen molar-refractivity contribution in [3.05, 3.63) is 60.2 Å². The van der Waals surface area contributed by atoms with Crippen LogP contribution in [-0.2, 0) is 0 Å². The van der Waals surface area contributed by atoms with E-state index in [9.17, 15) is 4.39 Å². The van der Waals surface area contributed by atoms with E-state index in [1.165, 1.54) is 23.1 Å². The maximum atomic E-state index is 13.9. The van der Waals surface area contributed by atoms with E-state index >= 15 is 0 Å². The van der Waals surface area contributed by atoms with Crippen LogP contribution in [0.2, 0.25) is 0 Å². The van der Waals surface area contributed by atoms with Crippen LogP contribution in [0.15, 0.2) is 48.8 Å². The molecule has 0 unspecified atom stereocenters. The average Bonchev–Trinajstić information content (AvgIpc) is 2.96. The van der Waals surface area contributed by atoms with Crippen molar-refractivity contribution in [1.29, 1.82) is 5.26 Å². The fourth-order valence-electron chi connectivity index (χ4n) is 1.95. The number of nitriles is 1. The van der Waals surface area contributed by atoms with Crippen LogP contribution < -0.4 is 5.73 Å². The van der Waals surface area contributed by atoms with Crippen molar-refractivity contribution in [2.75, 3.05) is 5.73 Å². The monoisotopic (exact) mass is 279 g/mol. The van der Waals surface area contributed by atoms with Gasteiger partial charge in [0.25, 0.3) is 0 Å². The molecule has 2 N–H and O–H groups in total. The van der Waals surface area contributed by atoms with E-state index in [2.05, 4.69) is 10.1 Å². The second-order valence-electron chi connectivity index (χ2n) is 4.42. The molecule has 1 heterocycles. The highest BCUT2D eigenvalue weighted by Crippen LogP contribution is 2.19. The summed E-state index contributed by atoms with van der Waals surface area (Å²) < 4.78 is 15.3. The van der Waals surface area contributed by atoms with E-state index in [0.717, 1.165) is 11.6 Å². The van der Waals surface area contributed by atoms with Gasteiger partial charge in [-0.25, -0.2) is 14.1 Å². The Morgan fingerprint density at radius 2 is 2.05 bits per heavy atom. The molecular formula is C15H10FN5. The Labute approximate surface area is 120 Å². The number of aromatic nitrogens is 3. The van der Waals surface area contributed by atoms with Gasteiger partial charge in [0.2, 0.25) is 0 Å². The molecule has 0 spiro atoms. The Hall–Kier alpha value is -3.20. The Morgan fingerprint density at radius 3 is 2.76 bits per heavy atom. The van der Waals surface area contributed by atoms with Gasteiger partial charge in [0.05, 0.1) is 11.6 Å². The number of nitrogen functional groups attached to an aromatic ring is 1. The summed E-state index contributed by atoms with van der Waals surface area (Å²) in [6, 6.07) is 13.2. The zero-order chi connectivity index (χ0) is 14.8. The fraction of sp³-hybridized carbons (Fsp3) is 0. The molecule has 0 bridgehead atoms. The molecule has 102 valence electrons. The van der Waals surface area contributed by atoms with E-state index in [4.69, 9.17) is 11.0 Å². The third-order valence-electron chi connectivity index (χ3n) is 2.96. The van der Waals surface area contributed by atoms with Crippen LogP contribution in [0.5, 0.6) is 0 Å². The molecule has 0 saturated heterocycles. The van der Waals surface area contributed by atoms with Gasteiger partial charge in [-0.1, -0.05) is 12.1 Å². The van der Waals surface area contributed by atoms with Crippen LogP contribution in [0.4, 0.5) is 10.1 Å². The normalized spacial score (nSPS) is 10.3. The van der Waals surface area contributed by atoms with E-state index in [1.54, 1.807) is 18.2 Å². The first kappa shape index (κ1) is 12.8. The zero-order valence-electron chi connectivity index (χ0n) is 10.9. The maximum absolute atomic E-state index is 13.9. The van der Waals surface area contributed by atoms with Gasteiger partial charge in [-0.2, -0.15) is 5.26 Å². The minimum Gasteiger partial charge on any atom is -0.399 e. The molecule has 0 atom stereocenters. The first-order valence-electron chi connectivity index (χ1n) is 6.15. The zero-order valence-corrected chi connectivity index (χ0v) is 10.9. The molecular weight excluding hydrogens is 269 g/mol. The van der Waals surface area contributed by atoms with Crippen molar-refractivity contribution in [2.45, 2.75) is 0 Å². The van der Waals surface area contributed by atoms with E-state index in [0.29, 0.717) is 11.5 Å². The summed E-state index contributed by atoms with van der Waals surface area (Å²) in [6.07, 6.45) is 1.42. The molecule has 0 aliphatic rings. The van der Waals surface area contributed by atoms with Crippen LogP contribution in [-0.4, -0.2) is 14.8 Å². The number of nitrogens with zero attached hydrogens (tertiary/aromatic N) is 4. The van der Waals surface area contributed by atoms with Crippen LogP contribution in [0.25, 0.3) is 17.1 Å². The number of benzene rings is 2. The van der Waals surface area contributed by atoms with Gasteiger partial charge in [0, 0.05) is 11.3 Å². The first-order chi connectivity index (χ1) is 10.2. The Bertz CT molecular complexity index is 847. The minimum absolute atomic E-state index is 0.233. The standard InChI is InChI=1S/C15H10FN5/c16-13-6-10(8-17)4-5-14(13)21-9-19-15(20-21)11-2-1-3-12(18)7-11/h1-7,9H,18H2. The molecule has 0 aliphatic carbocycles. The average molecular weight is 279 g/mol. The summed E-state index contributed by atoms with van der Waals surface area (Å²) in [6.45, 7) is 0. The molecule has 5 nitrogen and oxygen atoms in total. The van der Waals surface area contributed by atoms with Crippen molar-refractivity contribution in [3.63, 3.8) is 0 Å².